The molecular formula is C24H29N5O2. The van der Waals surface area contributed by atoms with E-state index in [-0.39, 0.29) is 0 Å². The average Bonchev–Trinajstić information content (AvgIpc) is 3.05. The first kappa shape index (κ1) is 20.3. The zero-order valence-corrected chi connectivity index (χ0v) is 17.8. The van der Waals surface area contributed by atoms with E-state index in [4.69, 9.17) is 14.5 Å². The van der Waals surface area contributed by atoms with Gasteiger partial charge in [-0.1, -0.05) is 18.2 Å². The van der Waals surface area contributed by atoms with E-state index in [2.05, 4.69) is 44.0 Å². The topological polar surface area (TPSA) is 63.6 Å². The summed E-state index contributed by atoms with van der Waals surface area (Å²) in [4.78, 5) is 18.3. The van der Waals surface area contributed by atoms with Crippen LogP contribution in [0.25, 0.3) is 10.8 Å². The lowest BCUT2D eigenvalue weighted by atomic mass is 9.96. The molecule has 2 aliphatic heterocycles. The Morgan fingerprint density at radius 1 is 0.968 bits per heavy atom. The SMILES string of the molecule is c1cc(C[C@@H]2COCCN(Cc3ccnc(N4CCOCC4)n3)C2)c2cnccc2c1. The Balaban J connectivity index is 1.27. The van der Waals surface area contributed by atoms with Gasteiger partial charge < -0.3 is 14.4 Å². The fourth-order valence-corrected chi connectivity index (χ4v) is 4.50. The minimum atomic E-state index is 0.439. The molecule has 2 aliphatic rings. The van der Waals surface area contributed by atoms with Crippen LogP contribution in [0.4, 0.5) is 5.95 Å². The van der Waals surface area contributed by atoms with Gasteiger partial charge in [-0.25, -0.2) is 9.97 Å². The third-order valence-corrected chi connectivity index (χ3v) is 6.08. The van der Waals surface area contributed by atoms with Crippen LogP contribution in [0, 0.1) is 5.92 Å². The number of fused-ring (bicyclic) bond motifs is 1. The summed E-state index contributed by atoms with van der Waals surface area (Å²) in [6, 6.07) is 10.6. The van der Waals surface area contributed by atoms with Crippen LogP contribution in [0.1, 0.15) is 11.3 Å². The van der Waals surface area contributed by atoms with E-state index >= 15 is 0 Å². The second kappa shape index (κ2) is 9.68. The van der Waals surface area contributed by atoms with Crippen LogP contribution in [0.2, 0.25) is 0 Å². The number of hydrogen-bond donors (Lipinski definition) is 0. The monoisotopic (exact) mass is 419 g/mol. The van der Waals surface area contributed by atoms with Crippen molar-refractivity contribution in [3.63, 3.8) is 0 Å². The summed E-state index contributed by atoms with van der Waals surface area (Å²) in [6.45, 7) is 7.45. The molecule has 0 N–H and O–H groups in total. The van der Waals surface area contributed by atoms with Crippen LogP contribution in [-0.4, -0.2) is 72.5 Å². The van der Waals surface area contributed by atoms with Crippen LogP contribution in [0.3, 0.4) is 0 Å². The van der Waals surface area contributed by atoms with Crippen molar-refractivity contribution in [2.24, 2.45) is 5.92 Å². The van der Waals surface area contributed by atoms with Gasteiger partial charge in [-0.05, 0) is 35.4 Å². The van der Waals surface area contributed by atoms with Gasteiger partial charge in [0.1, 0.15) is 0 Å². The van der Waals surface area contributed by atoms with E-state index in [0.717, 1.165) is 77.2 Å². The van der Waals surface area contributed by atoms with E-state index in [9.17, 15) is 0 Å². The molecule has 2 saturated heterocycles. The number of morpholine rings is 1. The first-order valence-corrected chi connectivity index (χ1v) is 11.1. The molecule has 2 aromatic heterocycles. The number of aromatic nitrogens is 3. The lowest BCUT2D eigenvalue weighted by Crippen LogP contribution is -2.37. The quantitative estimate of drug-likeness (QED) is 0.630. The molecule has 1 aromatic carbocycles. The Kier molecular flexibility index (Phi) is 6.34. The first-order valence-electron chi connectivity index (χ1n) is 11.1. The molecule has 7 heteroatoms. The molecule has 0 spiro atoms. The van der Waals surface area contributed by atoms with E-state index in [1.165, 1.54) is 16.3 Å². The van der Waals surface area contributed by atoms with Gasteiger partial charge in [0.05, 0.1) is 32.1 Å². The Hall–Kier alpha value is -2.61. The van der Waals surface area contributed by atoms with Crippen molar-refractivity contribution < 1.29 is 9.47 Å². The summed E-state index contributed by atoms with van der Waals surface area (Å²) < 4.78 is 11.4. The number of rotatable bonds is 5. The minimum Gasteiger partial charge on any atom is -0.380 e. The highest BCUT2D eigenvalue weighted by Crippen LogP contribution is 2.22. The molecule has 5 rings (SSSR count). The molecule has 0 saturated carbocycles. The number of benzene rings is 1. The molecule has 0 aliphatic carbocycles. The summed E-state index contributed by atoms with van der Waals surface area (Å²) in [5, 5.41) is 2.49. The average molecular weight is 420 g/mol. The predicted molar refractivity (Wildman–Crippen MR) is 120 cm³/mol. The van der Waals surface area contributed by atoms with E-state index in [1.54, 1.807) is 0 Å². The second-order valence-electron chi connectivity index (χ2n) is 8.34. The van der Waals surface area contributed by atoms with Crippen LogP contribution in [0.15, 0.2) is 48.9 Å². The fraction of sp³-hybridized carbons (Fsp3) is 0.458. The van der Waals surface area contributed by atoms with Gasteiger partial charge in [-0.2, -0.15) is 0 Å². The van der Waals surface area contributed by atoms with Crippen molar-refractivity contribution in [2.45, 2.75) is 13.0 Å². The lowest BCUT2D eigenvalue weighted by molar-refractivity contribution is 0.121. The summed E-state index contributed by atoms with van der Waals surface area (Å²) in [7, 11) is 0. The van der Waals surface area contributed by atoms with Gasteiger partial charge in [-0.3, -0.25) is 9.88 Å². The molecule has 31 heavy (non-hydrogen) atoms. The van der Waals surface area contributed by atoms with E-state index in [1.807, 2.05) is 24.7 Å². The van der Waals surface area contributed by atoms with Gasteiger partial charge in [0, 0.05) is 56.7 Å². The van der Waals surface area contributed by atoms with Gasteiger partial charge in [0.25, 0.3) is 0 Å². The molecule has 3 aromatic rings. The molecule has 1 atom stereocenters. The Bertz CT molecular complexity index is 1000. The maximum absolute atomic E-state index is 5.97. The predicted octanol–water partition coefficient (Wildman–Crippen LogP) is 2.55. The van der Waals surface area contributed by atoms with Crippen molar-refractivity contribution >= 4 is 16.7 Å². The third-order valence-electron chi connectivity index (χ3n) is 6.08. The highest BCUT2D eigenvalue weighted by molar-refractivity contribution is 5.84. The summed E-state index contributed by atoms with van der Waals surface area (Å²) in [5.74, 6) is 1.25. The minimum absolute atomic E-state index is 0.439. The molecule has 0 unspecified atom stereocenters. The van der Waals surface area contributed by atoms with Crippen molar-refractivity contribution in [3.8, 4) is 0 Å². The van der Waals surface area contributed by atoms with Gasteiger partial charge >= 0.3 is 0 Å². The fourth-order valence-electron chi connectivity index (χ4n) is 4.50. The number of nitrogens with zero attached hydrogens (tertiary/aromatic N) is 5. The van der Waals surface area contributed by atoms with Crippen LogP contribution in [0.5, 0.6) is 0 Å². The van der Waals surface area contributed by atoms with Crippen molar-refractivity contribution in [1.29, 1.82) is 0 Å². The zero-order valence-electron chi connectivity index (χ0n) is 17.8. The van der Waals surface area contributed by atoms with E-state index in [0.29, 0.717) is 5.92 Å². The smallest absolute Gasteiger partial charge is 0.225 e. The molecule has 0 bridgehead atoms. The molecule has 7 nitrogen and oxygen atoms in total. The Morgan fingerprint density at radius 2 is 1.87 bits per heavy atom. The largest absolute Gasteiger partial charge is 0.380 e. The highest BCUT2D eigenvalue weighted by Gasteiger charge is 2.21. The molecule has 162 valence electrons. The Morgan fingerprint density at radius 3 is 2.81 bits per heavy atom. The van der Waals surface area contributed by atoms with Gasteiger partial charge in [-0.15, -0.1) is 0 Å². The van der Waals surface area contributed by atoms with Crippen molar-refractivity contribution in [3.05, 3.63) is 60.2 Å². The summed E-state index contributed by atoms with van der Waals surface area (Å²) >= 11 is 0. The second-order valence-corrected chi connectivity index (χ2v) is 8.34. The Labute approximate surface area is 183 Å². The maximum atomic E-state index is 5.97. The number of ether oxygens (including phenoxy) is 2. The molecule has 2 fully saturated rings. The normalized spacial score (nSPS) is 20.6. The third kappa shape index (κ3) is 5.01. The standard InChI is InChI=1S/C24H29N5O2/c1-2-20-4-6-25-15-23(20)21(3-1)14-19-16-28(8-11-31-18-19)17-22-5-7-26-24(27-22)29-9-12-30-13-10-29/h1-7,15,19H,8-14,16-18H2/t19-/m0/s1. The number of hydrogen-bond acceptors (Lipinski definition) is 7. The number of pyridine rings is 1. The van der Waals surface area contributed by atoms with Gasteiger partial charge in [0.15, 0.2) is 0 Å². The molecule has 4 heterocycles. The summed E-state index contributed by atoms with van der Waals surface area (Å²) in [6.07, 6.45) is 6.70. The van der Waals surface area contributed by atoms with E-state index < -0.39 is 0 Å². The summed E-state index contributed by atoms with van der Waals surface area (Å²) in [5.41, 5.74) is 2.41. The first-order chi connectivity index (χ1) is 15.3. The maximum Gasteiger partial charge on any atom is 0.225 e. The van der Waals surface area contributed by atoms with Crippen molar-refractivity contribution in [1.82, 2.24) is 19.9 Å². The molecule has 0 radical (unpaired) electrons. The van der Waals surface area contributed by atoms with Crippen LogP contribution >= 0.6 is 0 Å². The van der Waals surface area contributed by atoms with Crippen LogP contribution < -0.4 is 4.90 Å². The van der Waals surface area contributed by atoms with Crippen molar-refractivity contribution in [2.75, 3.05) is 57.5 Å². The lowest BCUT2D eigenvalue weighted by Gasteiger charge is -2.27. The molecule has 0 amide bonds. The van der Waals surface area contributed by atoms with Gasteiger partial charge in [0.2, 0.25) is 5.95 Å². The molecular weight excluding hydrogens is 390 g/mol. The highest BCUT2D eigenvalue weighted by atomic mass is 16.5. The number of anilines is 1. The zero-order chi connectivity index (χ0) is 20.9. The van der Waals surface area contributed by atoms with Crippen LogP contribution in [-0.2, 0) is 22.4 Å².